The van der Waals surface area contributed by atoms with Crippen LogP contribution in [0.5, 0.6) is 0 Å². The molecule has 0 bridgehead atoms. The molecule has 1 aliphatic heterocycles. The van der Waals surface area contributed by atoms with Crippen LogP contribution in [0.1, 0.15) is 42.9 Å². The van der Waals surface area contributed by atoms with Crippen molar-refractivity contribution >= 4 is 18.9 Å². The van der Waals surface area contributed by atoms with Gasteiger partial charge in [-0.05, 0) is 51.2 Å². The van der Waals surface area contributed by atoms with Crippen LogP contribution in [0, 0.1) is 20.8 Å². The zero-order chi connectivity index (χ0) is 15.6. The van der Waals surface area contributed by atoms with Gasteiger partial charge in [-0.1, -0.05) is 24.6 Å². The van der Waals surface area contributed by atoms with E-state index in [1.807, 2.05) is 0 Å². The first-order chi connectivity index (χ1) is 9.87. The van der Waals surface area contributed by atoms with Crippen molar-refractivity contribution in [2.75, 3.05) is 24.3 Å². The van der Waals surface area contributed by atoms with Gasteiger partial charge in [0, 0.05) is 19.6 Å². The van der Waals surface area contributed by atoms with Crippen LogP contribution in [0.15, 0.2) is 12.1 Å². The minimum Gasteiger partial charge on any atom is -0.322 e. The molecule has 1 aliphatic rings. The van der Waals surface area contributed by atoms with E-state index in [1.54, 1.807) is 0 Å². The average molecular weight is 306 g/mol. The molecule has 0 radical (unpaired) electrons. The number of aryl methyl sites for hydroxylation is 3. The number of benzene rings is 1. The van der Waals surface area contributed by atoms with Gasteiger partial charge < -0.3 is 5.32 Å². The summed E-state index contributed by atoms with van der Waals surface area (Å²) >= 11 is 0. The molecule has 0 spiro atoms. The lowest BCUT2D eigenvalue weighted by Gasteiger charge is -2.26. The average Bonchev–Trinajstić information content (AvgIpc) is 2.82. The molecule has 2 rings (SSSR count). The Bertz CT molecular complexity index is 509. The predicted octanol–water partition coefficient (Wildman–Crippen LogP) is 4.77. The highest BCUT2D eigenvalue weighted by Crippen LogP contribution is 2.65. The van der Waals surface area contributed by atoms with Gasteiger partial charge in [0.05, 0.1) is 12.3 Å². The third-order valence-corrected chi connectivity index (χ3v) is 9.74. The Labute approximate surface area is 130 Å². The first-order valence-electron chi connectivity index (χ1n) is 8.10. The molecule has 0 aliphatic carbocycles. The van der Waals surface area contributed by atoms with Crippen LogP contribution in [-0.2, 0) is 4.79 Å². The smallest absolute Gasteiger partial charge is 0.265 e. The highest BCUT2D eigenvalue weighted by Gasteiger charge is 2.46. The van der Waals surface area contributed by atoms with Crippen molar-refractivity contribution in [1.82, 2.24) is 0 Å². The second kappa shape index (κ2) is 6.48. The fourth-order valence-electron chi connectivity index (χ4n) is 3.86. The number of carbonyl (C=O) groups is 1. The van der Waals surface area contributed by atoms with Crippen molar-refractivity contribution in [2.45, 2.75) is 52.6 Å². The van der Waals surface area contributed by atoms with Crippen LogP contribution >= 0.6 is 7.26 Å². The summed E-state index contributed by atoms with van der Waals surface area (Å²) in [7, 11) is -1.08. The maximum atomic E-state index is 12.8. The van der Waals surface area contributed by atoms with E-state index < -0.39 is 7.26 Å². The van der Waals surface area contributed by atoms with Crippen LogP contribution in [0.2, 0.25) is 0 Å². The van der Waals surface area contributed by atoms with Gasteiger partial charge in [-0.25, -0.2) is 0 Å². The van der Waals surface area contributed by atoms with Crippen molar-refractivity contribution in [3.05, 3.63) is 28.8 Å². The highest BCUT2D eigenvalue weighted by molar-refractivity contribution is 7.77. The van der Waals surface area contributed by atoms with E-state index in [1.165, 1.54) is 41.9 Å². The van der Waals surface area contributed by atoms with Crippen molar-refractivity contribution < 1.29 is 4.79 Å². The molecule has 2 nitrogen and oxygen atoms in total. The second-order valence-electron chi connectivity index (χ2n) is 6.82. The lowest BCUT2D eigenvalue weighted by atomic mass is 10.0. The molecule has 1 saturated heterocycles. The number of hydrogen-bond acceptors (Lipinski definition) is 1. The van der Waals surface area contributed by atoms with Gasteiger partial charge in [-0.2, -0.15) is 0 Å². The number of rotatable bonds is 4. The molecule has 1 aromatic rings. The van der Waals surface area contributed by atoms with E-state index in [0.29, 0.717) is 0 Å². The van der Waals surface area contributed by atoms with Gasteiger partial charge in [0.1, 0.15) is 5.66 Å². The standard InChI is InChI=1S/C18H28NOP/c1-6-16(21(5)9-7-8-10-21)18(20)19-17-14(3)11-13(2)12-15(17)4/h11-12,16H,6-10H2,1-5H3/p+1. The normalized spacial score (nSPS) is 18.5. The Hall–Kier alpha value is -0.880. The van der Waals surface area contributed by atoms with E-state index >= 15 is 0 Å². The number of amides is 1. The van der Waals surface area contributed by atoms with Crippen LogP contribution in [0.25, 0.3) is 0 Å². The van der Waals surface area contributed by atoms with Gasteiger partial charge in [-0.15, -0.1) is 0 Å². The predicted molar refractivity (Wildman–Crippen MR) is 95.2 cm³/mol. The summed E-state index contributed by atoms with van der Waals surface area (Å²) < 4.78 is 0. The third kappa shape index (κ3) is 3.48. The van der Waals surface area contributed by atoms with E-state index in [-0.39, 0.29) is 11.6 Å². The Kier molecular flexibility index (Phi) is 5.09. The fourth-order valence-corrected chi connectivity index (χ4v) is 8.11. The van der Waals surface area contributed by atoms with Crippen LogP contribution in [0.3, 0.4) is 0 Å². The van der Waals surface area contributed by atoms with Gasteiger partial charge in [0.15, 0.2) is 0 Å². The summed E-state index contributed by atoms with van der Waals surface area (Å²) in [6.07, 6.45) is 6.20. The molecular formula is C18H29NOP+. The second-order valence-corrected chi connectivity index (χ2v) is 11.3. The molecular weight excluding hydrogens is 277 g/mol. The summed E-state index contributed by atoms with van der Waals surface area (Å²) in [5.74, 6) is 0.255. The summed E-state index contributed by atoms with van der Waals surface area (Å²) in [4.78, 5) is 12.8. The quantitative estimate of drug-likeness (QED) is 0.798. The highest BCUT2D eigenvalue weighted by atomic mass is 31.2. The van der Waals surface area contributed by atoms with Gasteiger partial charge in [0.25, 0.3) is 5.91 Å². The number of hydrogen-bond donors (Lipinski definition) is 1. The molecule has 1 unspecified atom stereocenters. The van der Waals surface area contributed by atoms with E-state index in [4.69, 9.17) is 0 Å². The maximum Gasteiger partial charge on any atom is 0.265 e. The van der Waals surface area contributed by atoms with Gasteiger partial charge >= 0.3 is 0 Å². The number of anilines is 1. The summed E-state index contributed by atoms with van der Waals surface area (Å²) in [5, 5.41) is 3.25. The SMILES string of the molecule is CCC(C(=O)Nc1c(C)cc(C)cc1C)[P+]1(C)CCCC1. The van der Waals surface area contributed by atoms with Crippen molar-refractivity contribution in [1.29, 1.82) is 0 Å². The molecule has 1 amide bonds. The van der Waals surface area contributed by atoms with Crippen LogP contribution < -0.4 is 5.32 Å². The molecule has 1 N–H and O–H groups in total. The van der Waals surface area contributed by atoms with Crippen LogP contribution in [-0.4, -0.2) is 30.6 Å². The monoisotopic (exact) mass is 306 g/mol. The molecule has 3 heteroatoms. The topological polar surface area (TPSA) is 29.1 Å². The summed E-state index contributed by atoms with van der Waals surface area (Å²) in [6, 6.07) is 4.30. The Morgan fingerprint density at radius 1 is 1.19 bits per heavy atom. The molecule has 1 aromatic carbocycles. The van der Waals surface area contributed by atoms with Crippen molar-refractivity contribution in [3.8, 4) is 0 Å². The molecule has 1 atom stereocenters. The molecule has 0 saturated carbocycles. The third-order valence-electron chi connectivity index (χ3n) is 4.95. The van der Waals surface area contributed by atoms with E-state index in [0.717, 1.165) is 12.1 Å². The van der Waals surface area contributed by atoms with Crippen LogP contribution in [0.4, 0.5) is 5.69 Å². The van der Waals surface area contributed by atoms with Gasteiger partial charge in [0.2, 0.25) is 0 Å². The van der Waals surface area contributed by atoms with Crippen molar-refractivity contribution in [3.63, 3.8) is 0 Å². The first kappa shape index (κ1) is 16.5. The maximum absolute atomic E-state index is 12.8. The number of nitrogens with one attached hydrogen (secondary N) is 1. The largest absolute Gasteiger partial charge is 0.322 e. The Morgan fingerprint density at radius 2 is 1.71 bits per heavy atom. The Morgan fingerprint density at radius 3 is 2.19 bits per heavy atom. The Balaban J connectivity index is 2.20. The molecule has 1 fully saturated rings. The van der Waals surface area contributed by atoms with Gasteiger partial charge in [-0.3, -0.25) is 4.79 Å². The van der Waals surface area contributed by atoms with E-state index in [9.17, 15) is 4.79 Å². The molecule has 21 heavy (non-hydrogen) atoms. The first-order valence-corrected chi connectivity index (χ1v) is 10.8. The molecule has 116 valence electrons. The molecule has 0 aromatic heterocycles. The summed E-state index contributed by atoms with van der Waals surface area (Å²) in [5.41, 5.74) is 4.86. The zero-order valence-electron chi connectivity index (χ0n) is 14.1. The van der Waals surface area contributed by atoms with Crippen molar-refractivity contribution in [2.24, 2.45) is 0 Å². The fraction of sp³-hybridized carbons (Fsp3) is 0.611. The minimum atomic E-state index is -1.08. The zero-order valence-corrected chi connectivity index (χ0v) is 15.0. The lowest BCUT2D eigenvalue weighted by Crippen LogP contribution is -2.31. The lowest BCUT2D eigenvalue weighted by molar-refractivity contribution is -0.115. The number of carbonyl (C=O) groups excluding carboxylic acids is 1. The minimum absolute atomic E-state index is 0.236. The van der Waals surface area contributed by atoms with E-state index in [2.05, 4.69) is 51.8 Å². The summed E-state index contributed by atoms with van der Waals surface area (Å²) in [6.45, 7) is 10.9. The molecule has 1 heterocycles.